The monoisotopic (exact) mass is 494 g/mol. The van der Waals surface area contributed by atoms with Crippen LogP contribution in [0.1, 0.15) is 32.8 Å². The number of non-ortho nitro benzene ring substituents is 1. The van der Waals surface area contributed by atoms with Gasteiger partial charge < -0.3 is 10.1 Å². The normalized spacial score (nSPS) is 12.9. The van der Waals surface area contributed by atoms with Gasteiger partial charge in [-0.3, -0.25) is 19.7 Å². The molecule has 2 aromatic rings. The third-order valence-corrected chi connectivity index (χ3v) is 4.93. The molecule has 2 N–H and O–H groups in total. The molecule has 2 atom stereocenters. The van der Waals surface area contributed by atoms with Gasteiger partial charge in [-0.05, 0) is 55.2 Å². The average Bonchev–Trinajstić information content (AvgIpc) is 2.75. The van der Waals surface area contributed by atoms with Crippen LogP contribution in [0.15, 0.2) is 47.6 Å². The Balaban J connectivity index is 1.99. The van der Waals surface area contributed by atoms with Gasteiger partial charge in [-0.2, -0.15) is 5.10 Å². The number of amides is 2. The summed E-state index contributed by atoms with van der Waals surface area (Å²) in [4.78, 5) is 35.4. The molecule has 11 heteroatoms. The van der Waals surface area contributed by atoms with E-state index in [1.165, 1.54) is 43.5 Å². The van der Waals surface area contributed by atoms with Gasteiger partial charge in [0.1, 0.15) is 11.8 Å². The number of rotatable bonds is 10. The summed E-state index contributed by atoms with van der Waals surface area (Å²) >= 11 is 11.9. The van der Waals surface area contributed by atoms with Gasteiger partial charge in [-0.1, -0.05) is 37.0 Å². The molecule has 0 saturated carbocycles. The number of hydrazone groups is 1. The van der Waals surface area contributed by atoms with Crippen LogP contribution < -0.4 is 15.5 Å². The molecule has 0 aliphatic rings. The quantitative estimate of drug-likeness (QED) is 0.288. The number of hydrogen-bond donors (Lipinski definition) is 2. The zero-order valence-electron chi connectivity index (χ0n) is 18.2. The first-order valence-corrected chi connectivity index (χ1v) is 10.8. The molecule has 0 spiro atoms. The molecule has 0 aliphatic heterocycles. The van der Waals surface area contributed by atoms with Crippen molar-refractivity contribution in [1.82, 2.24) is 10.7 Å². The number of benzene rings is 2. The standard InChI is InChI=1S/C22H24Cl2N4O5/c1-13(2)10-19(22(30)27-25-12-15-4-7-17(8-5-15)28(31)32)26-21(29)14(3)33-20-9-6-16(23)11-18(20)24/h4-9,11-14,19H,10H2,1-3H3,(H,26,29)(H,27,30)/b25-12-/t14-,19-/m1/s1. The second kappa shape index (κ2) is 12.2. The molecule has 0 radical (unpaired) electrons. The fourth-order valence-corrected chi connectivity index (χ4v) is 3.19. The number of hydrogen-bond acceptors (Lipinski definition) is 6. The van der Waals surface area contributed by atoms with Crippen LogP contribution in [0.3, 0.4) is 0 Å². The van der Waals surface area contributed by atoms with Gasteiger partial charge in [0.05, 0.1) is 16.2 Å². The molecule has 0 aromatic heterocycles. The maximum Gasteiger partial charge on any atom is 0.269 e. The predicted molar refractivity (Wildman–Crippen MR) is 127 cm³/mol. The number of nitro groups is 1. The van der Waals surface area contributed by atoms with Gasteiger partial charge in [0.2, 0.25) is 0 Å². The molecular formula is C22H24Cl2N4O5. The predicted octanol–water partition coefficient (Wildman–Crippen LogP) is 4.35. The summed E-state index contributed by atoms with van der Waals surface area (Å²) in [6, 6.07) is 9.47. The van der Waals surface area contributed by atoms with Gasteiger partial charge in [-0.15, -0.1) is 0 Å². The molecular weight excluding hydrogens is 471 g/mol. The number of carbonyl (C=O) groups excluding carboxylic acids is 2. The highest BCUT2D eigenvalue weighted by molar-refractivity contribution is 6.35. The van der Waals surface area contributed by atoms with Crippen molar-refractivity contribution >= 4 is 46.9 Å². The largest absolute Gasteiger partial charge is 0.479 e. The van der Waals surface area contributed by atoms with E-state index in [-0.39, 0.29) is 16.6 Å². The van der Waals surface area contributed by atoms with Crippen molar-refractivity contribution < 1.29 is 19.2 Å². The molecule has 33 heavy (non-hydrogen) atoms. The Hall–Kier alpha value is -3.17. The Kier molecular flexibility index (Phi) is 9.62. The van der Waals surface area contributed by atoms with Gasteiger partial charge >= 0.3 is 0 Å². The lowest BCUT2D eigenvalue weighted by Gasteiger charge is -2.22. The first kappa shape index (κ1) is 26.1. The molecule has 2 amide bonds. The number of halogens is 2. The third-order valence-electron chi connectivity index (χ3n) is 4.40. The Morgan fingerprint density at radius 2 is 1.79 bits per heavy atom. The lowest BCUT2D eigenvalue weighted by atomic mass is 10.0. The molecule has 0 saturated heterocycles. The zero-order valence-corrected chi connectivity index (χ0v) is 19.8. The second-order valence-corrected chi connectivity index (χ2v) is 8.45. The molecule has 0 aliphatic carbocycles. The lowest BCUT2D eigenvalue weighted by Crippen LogP contribution is -2.49. The highest BCUT2D eigenvalue weighted by atomic mass is 35.5. The summed E-state index contributed by atoms with van der Waals surface area (Å²) in [5.74, 6) is -0.601. The van der Waals surface area contributed by atoms with Gasteiger partial charge in [0.15, 0.2) is 6.10 Å². The summed E-state index contributed by atoms with van der Waals surface area (Å²) in [5.41, 5.74) is 2.90. The molecule has 0 fully saturated rings. The van der Waals surface area contributed by atoms with E-state index in [1.807, 2.05) is 13.8 Å². The van der Waals surface area contributed by atoms with E-state index in [4.69, 9.17) is 27.9 Å². The highest BCUT2D eigenvalue weighted by Gasteiger charge is 2.25. The van der Waals surface area contributed by atoms with Gasteiger partial charge in [0.25, 0.3) is 17.5 Å². The first-order valence-electron chi connectivity index (χ1n) is 10.1. The van der Waals surface area contributed by atoms with Crippen molar-refractivity contribution in [2.45, 2.75) is 39.3 Å². The minimum Gasteiger partial charge on any atom is -0.479 e. The van der Waals surface area contributed by atoms with Crippen molar-refractivity contribution in [2.24, 2.45) is 11.0 Å². The van der Waals surface area contributed by atoms with Crippen LogP contribution in [0.5, 0.6) is 5.75 Å². The van der Waals surface area contributed by atoms with Crippen molar-refractivity contribution in [3.05, 3.63) is 68.2 Å². The highest BCUT2D eigenvalue weighted by Crippen LogP contribution is 2.28. The topological polar surface area (TPSA) is 123 Å². The molecule has 0 heterocycles. The van der Waals surface area contributed by atoms with E-state index >= 15 is 0 Å². The van der Waals surface area contributed by atoms with Crippen molar-refractivity contribution in [1.29, 1.82) is 0 Å². The van der Waals surface area contributed by atoms with Crippen LogP contribution >= 0.6 is 23.2 Å². The van der Waals surface area contributed by atoms with Crippen LogP contribution in [-0.2, 0) is 9.59 Å². The summed E-state index contributed by atoms with van der Waals surface area (Å²) in [6.45, 7) is 5.37. The van der Waals surface area contributed by atoms with E-state index in [2.05, 4.69) is 15.8 Å². The van der Waals surface area contributed by atoms with Crippen LogP contribution in [0.2, 0.25) is 10.0 Å². The molecule has 0 unspecified atom stereocenters. The van der Waals surface area contributed by atoms with Crippen molar-refractivity contribution in [2.75, 3.05) is 0 Å². The fraction of sp³-hybridized carbons (Fsp3) is 0.318. The average molecular weight is 495 g/mol. The van der Waals surface area contributed by atoms with Crippen LogP contribution in [-0.4, -0.2) is 35.1 Å². The number of nitrogens with zero attached hydrogens (tertiary/aromatic N) is 2. The fourth-order valence-electron chi connectivity index (χ4n) is 2.74. The van der Waals surface area contributed by atoms with E-state index in [0.29, 0.717) is 22.8 Å². The minimum atomic E-state index is -0.922. The summed E-state index contributed by atoms with van der Waals surface area (Å²) in [7, 11) is 0. The molecule has 2 aromatic carbocycles. The van der Waals surface area contributed by atoms with E-state index in [0.717, 1.165) is 0 Å². The van der Waals surface area contributed by atoms with Crippen molar-refractivity contribution in [3.8, 4) is 5.75 Å². The summed E-state index contributed by atoms with van der Waals surface area (Å²) < 4.78 is 5.60. The zero-order chi connectivity index (χ0) is 24.5. The Morgan fingerprint density at radius 3 is 2.36 bits per heavy atom. The molecule has 0 bridgehead atoms. The van der Waals surface area contributed by atoms with Crippen LogP contribution in [0.25, 0.3) is 0 Å². The SMILES string of the molecule is CC(C)C[C@@H](NC(=O)[C@@H](C)Oc1ccc(Cl)cc1Cl)C(=O)N/N=C\c1ccc([N+](=O)[O-])cc1. The first-order chi connectivity index (χ1) is 15.6. The number of nitrogens with one attached hydrogen (secondary N) is 2. The van der Waals surface area contributed by atoms with Crippen molar-refractivity contribution in [3.63, 3.8) is 0 Å². The minimum absolute atomic E-state index is 0.0490. The number of carbonyl (C=O) groups is 2. The Bertz CT molecular complexity index is 1030. The Labute approximate surface area is 201 Å². The van der Waals surface area contributed by atoms with E-state index in [1.54, 1.807) is 12.1 Å². The smallest absolute Gasteiger partial charge is 0.269 e. The maximum absolute atomic E-state index is 12.6. The lowest BCUT2D eigenvalue weighted by molar-refractivity contribution is -0.384. The third kappa shape index (κ3) is 8.36. The summed E-state index contributed by atoms with van der Waals surface area (Å²) in [5, 5.41) is 18.0. The van der Waals surface area contributed by atoms with Gasteiger partial charge in [0, 0.05) is 17.2 Å². The molecule has 176 valence electrons. The summed E-state index contributed by atoms with van der Waals surface area (Å²) in [6.07, 6.45) is 0.804. The van der Waals surface area contributed by atoms with E-state index < -0.39 is 28.9 Å². The molecule has 9 nitrogen and oxygen atoms in total. The van der Waals surface area contributed by atoms with Crippen LogP contribution in [0, 0.1) is 16.0 Å². The van der Waals surface area contributed by atoms with Crippen LogP contribution in [0.4, 0.5) is 5.69 Å². The second-order valence-electron chi connectivity index (χ2n) is 7.61. The number of ether oxygens (including phenoxy) is 1. The Morgan fingerprint density at radius 1 is 1.12 bits per heavy atom. The molecule has 2 rings (SSSR count). The van der Waals surface area contributed by atoms with E-state index in [9.17, 15) is 19.7 Å². The maximum atomic E-state index is 12.6. The number of nitro benzene ring substituents is 1. The van der Waals surface area contributed by atoms with Gasteiger partial charge in [-0.25, -0.2) is 5.43 Å².